The molecule has 0 aliphatic carbocycles. The Morgan fingerprint density at radius 1 is 1.32 bits per heavy atom. The predicted molar refractivity (Wildman–Crippen MR) is 89.2 cm³/mol. The van der Waals surface area contributed by atoms with Gasteiger partial charge in [0.1, 0.15) is 5.82 Å². The highest BCUT2D eigenvalue weighted by Gasteiger charge is 2.26. The number of aliphatic hydroxyl groups is 1. The SMILES string of the molecule is CCC(CO)NC(=O)Nc1cc(C(C)(C)C)nn1C(C)(C)C. The number of amides is 2. The number of carbonyl (C=O) groups excluding carboxylic acids is 1. The number of nitrogens with zero attached hydrogens (tertiary/aromatic N) is 2. The summed E-state index contributed by atoms with van der Waals surface area (Å²) in [5.74, 6) is 0.655. The highest BCUT2D eigenvalue weighted by atomic mass is 16.3. The number of urea groups is 1. The van der Waals surface area contributed by atoms with Crippen molar-refractivity contribution in [3.63, 3.8) is 0 Å². The number of hydrogen-bond donors (Lipinski definition) is 3. The molecule has 0 aliphatic rings. The molecule has 3 N–H and O–H groups in total. The van der Waals surface area contributed by atoms with Gasteiger partial charge in [-0.3, -0.25) is 5.32 Å². The zero-order valence-electron chi connectivity index (χ0n) is 14.8. The van der Waals surface area contributed by atoms with E-state index in [0.29, 0.717) is 12.2 Å². The lowest BCUT2D eigenvalue weighted by atomic mass is 9.92. The molecule has 0 saturated heterocycles. The Balaban J connectivity index is 3.03. The summed E-state index contributed by atoms with van der Waals surface area (Å²) < 4.78 is 1.83. The fourth-order valence-corrected chi connectivity index (χ4v) is 1.96. The van der Waals surface area contributed by atoms with Crippen molar-refractivity contribution in [3.05, 3.63) is 11.8 Å². The maximum Gasteiger partial charge on any atom is 0.320 e. The minimum atomic E-state index is -0.327. The van der Waals surface area contributed by atoms with Crippen molar-refractivity contribution in [1.29, 1.82) is 0 Å². The monoisotopic (exact) mass is 310 g/mol. The van der Waals surface area contributed by atoms with E-state index in [1.165, 1.54) is 0 Å². The zero-order chi connectivity index (χ0) is 17.1. The van der Waals surface area contributed by atoms with Gasteiger partial charge < -0.3 is 10.4 Å². The molecule has 0 aliphatic heterocycles. The summed E-state index contributed by atoms with van der Waals surface area (Å²) in [7, 11) is 0. The van der Waals surface area contributed by atoms with Crippen molar-refractivity contribution in [2.45, 2.75) is 71.9 Å². The molecule has 2 amide bonds. The van der Waals surface area contributed by atoms with E-state index in [0.717, 1.165) is 5.69 Å². The summed E-state index contributed by atoms with van der Waals surface area (Å²) in [5, 5.41) is 19.4. The van der Waals surface area contributed by atoms with Gasteiger partial charge in [0, 0.05) is 11.5 Å². The number of aliphatic hydroxyl groups excluding tert-OH is 1. The second-order valence-electron chi connectivity index (χ2n) is 7.63. The van der Waals surface area contributed by atoms with E-state index in [-0.39, 0.29) is 29.6 Å². The van der Waals surface area contributed by atoms with Gasteiger partial charge in [0.15, 0.2) is 0 Å². The first-order chi connectivity index (χ1) is 9.98. The third kappa shape index (κ3) is 4.73. The summed E-state index contributed by atoms with van der Waals surface area (Å²) in [6, 6.07) is 1.34. The average molecular weight is 310 g/mol. The van der Waals surface area contributed by atoms with Crippen LogP contribution in [0, 0.1) is 0 Å². The molecular formula is C16H30N4O2. The number of aromatic nitrogens is 2. The fourth-order valence-electron chi connectivity index (χ4n) is 1.96. The quantitative estimate of drug-likeness (QED) is 0.800. The first-order valence-corrected chi connectivity index (χ1v) is 7.78. The molecule has 0 bridgehead atoms. The molecule has 22 heavy (non-hydrogen) atoms. The largest absolute Gasteiger partial charge is 0.394 e. The van der Waals surface area contributed by atoms with Gasteiger partial charge in [-0.25, -0.2) is 9.48 Å². The van der Waals surface area contributed by atoms with Crippen molar-refractivity contribution in [2.24, 2.45) is 0 Å². The van der Waals surface area contributed by atoms with E-state index in [9.17, 15) is 9.90 Å². The summed E-state index contributed by atoms with van der Waals surface area (Å²) >= 11 is 0. The van der Waals surface area contributed by atoms with E-state index < -0.39 is 0 Å². The Morgan fingerprint density at radius 2 is 1.91 bits per heavy atom. The van der Waals surface area contributed by atoms with E-state index in [1.807, 2.05) is 38.4 Å². The van der Waals surface area contributed by atoms with Crippen LogP contribution < -0.4 is 10.6 Å². The van der Waals surface area contributed by atoms with Gasteiger partial charge in [-0.2, -0.15) is 5.10 Å². The Morgan fingerprint density at radius 3 is 2.32 bits per heavy atom. The van der Waals surface area contributed by atoms with Gasteiger partial charge in [-0.15, -0.1) is 0 Å². The van der Waals surface area contributed by atoms with E-state index in [4.69, 9.17) is 0 Å². The highest BCUT2D eigenvalue weighted by molar-refractivity contribution is 5.88. The minimum Gasteiger partial charge on any atom is -0.394 e. The van der Waals surface area contributed by atoms with Crippen LogP contribution in [-0.2, 0) is 11.0 Å². The molecule has 0 spiro atoms. The summed E-state index contributed by atoms with van der Waals surface area (Å²) in [5.41, 5.74) is 0.584. The lowest BCUT2D eigenvalue weighted by Gasteiger charge is -2.23. The standard InChI is InChI=1S/C16H30N4O2/c1-8-11(10-21)17-14(22)18-13-9-12(15(2,3)4)19-20(13)16(5,6)7/h9,11,21H,8,10H2,1-7H3,(H2,17,18,22). The van der Waals surface area contributed by atoms with Crippen LogP contribution in [0.25, 0.3) is 0 Å². The third-order valence-electron chi connectivity index (χ3n) is 3.40. The van der Waals surface area contributed by atoms with Gasteiger partial charge in [-0.05, 0) is 27.2 Å². The van der Waals surface area contributed by atoms with Crippen LogP contribution in [0.15, 0.2) is 6.07 Å². The van der Waals surface area contributed by atoms with E-state index >= 15 is 0 Å². The molecule has 1 aromatic heterocycles. The van der Waals surface area contributed by atoms with Gasteiger partial charge in [0.05, 0.1) is 23.9 Å². The topological polar surface area (TPSA) is 79.2 Å². The zero-order valence-corrected chi connectivity index (χ0v) is 14.8. The smallest absolute Gasteiger partial charge is 0.320 e. The van der Waals surface area contributed by atoms with Gasteiger partial charge in [-0.1, -0.05) is 27.7 Å². The average Bonchev–Trinajstić information content (AvgIpc) is 2.79. The number of nitrogens with one attached hydrogen (secondary N) is 2. The van der Waals surface area contributed by atoms with Crippen LogP contribution >= 0.6 is 0 Å². The van der Waals surface area contributed by atoms with E-state index in [1.54, 1.807) is 0 Å². The minimum absolute atomic E-state index is 0.0737. The molecule has 0 fully saturated rings. The molecule has 1 rings (SSSR count). The molecule has 6 nitrogen and oxygen atoms in total. The van der Waals surface area contributed by atoms with E-state index in [2.05, 4.69) is 36.5 Å². The van der Waals surface area contributed by atoms with Crippen LogP contribution in [0.2, 0.25) is 0 Å². The molecule has 1 atom stereocenters. The van der Waals surface area contributed by atoms with Crippen molar-refractivity contribution >= 4 is 11.8 Å². The van der Waals surface area contributed by atoms with Gasteiger partial charge in [0.2, 0.25) is 0 Å². The van der Waals surface area contributed by atoms with Crippen LogP contribution in [0.5, 0.6) is 0 Å². The molecule has 0 radical (unpaired) electrons. The van der Waals surface area contributed by atoms with Gasteiger partial charge >= 0.3 is 6.03 Å². The lowest BCUT2D eigenvalue weighted by molar-refractivity contribution is 0.222. The summed E-state index contributed by atoms with van der Waals surface area (Å²) in [6.45, 7) is 14.2. The number of rotatable bonds is 4. The van der Waals surface area contributed by atoms with Crippen LogP contribution in [0.4, 0.5) is 10.6 Å². The second kappa shape index (κ2) is 6.69. The van der Waals surface area contributed by atoms with Crippen molar-refractivity contribution < 1.29 is 9.90 Å². The lowest BCUT2D eigenvalue weighted by Crippen LogP contribution is -2.40. The number of carbonyl (C=O) groups is 1. The first-order valence-electron chi connectivity index (χ1n) is 7.78. The second-order valence-corrected chi connectivity index (χ2v) is 7.63. The van der Waals surface area contributed by atoms with Crippen LogP contribution in [-0.4, -0.2) is 33.6 Å². The number of hydrogen-bond acceptors (Lipinski definition) is 3. The Bertz CT molecular complexity index is 505. The summed E-state index contributed by atoms with van der Waals surface area (Å²) in [4.78, 5) is 12.1. The Labute approximate surface area is 133 Å². The van der Waals surface area contributed by atoms with Crippen molar-refractivity contribution in [1.82, 2.24) is 15.1 Å². The van der Waals surface area contributed by atoms with Gasteiger partial charge in [0.25, 0.3) is 0 Å². The maximum atomic E-state index is 12.1. The Hall–Kier alpha value is -1.56. The molecule has 1 heterocycles. The molecule has 1 aromatic rings. The molecule has 0 aromatic carbocycles. The predicted octanol–water partition coefficient (Wildman–Crippen LogP) is 2.83. The highest BCUT2D eigenvalue weighted by Crippen LogP contribution is 2.28. The maximum absolute atomic E-state index is 12.1. The van der Waals surface area contributed by atoms with Crippen LogP contribution in [0.3, 0.4) is 0 Å². The fraction of sp³-hybridized carbons (Fsp3) is 0.750. The Kier molecular flexibility index (Phi) is 5.62. The summed E-state index contributed by atoms with van der Waals surface area (Å²) in [6.07, 6.45) is 0.676. The van der Waals surface area contributed by atoms with Crippen molar-refractivity contribution in [2.75, 3.05) is 11.9 Å². The molecule has 6 heteroatoms. The number of anilines is 1. The molecule has 1 unspecified atom stereocenters. The molecular weight excluding hydrogens is 280 g/mol. The molecule has 126 valence electrons. The van der Waals surface area contributed by atoms with Crippen LogP contribution in [0.1, 0.15) is 60.6 Å². The van der Waals surface area contributed by atoms with Crippen molar-refractivity contribution in [3.8, 4) is 0 Å². The third-order valence-corrected chi connectivity index (χ3v) is 3.40. The normalized spacial score (nSPS) is 13.8. The first kappa shape index (κ1) is 18.5. The molecule has 0 saturated carbocycles.